The summed E-state index contributed by atoms with van der Waals surface area (Å²) in [4.78, 5) is 29.1. The van der Waals surface area contributed by atoms with Crippen LogP contribution in [0, 0.1) is 19.8 Å². The van der Waals surface area contributed by atoms with Gasteiger partial charge in [0.1, 0.15) is 6.10 Å². The molecule has 3 aliphatic rings. The topological polar surface area (TPSA) is 95.3 Å². The van der Waals surface area contributed by atoms with Crippen molar-refractivity contribution in [1.82, 2.24) is 30.1 Å². The highest BCUT2D eigenvalue weighted by Gasteiger charge is 2.48. The number of hydroxylamine groups is 3. The highest BCUT2D eigenvalue weighted by Crippen LogP contribution is 2.36. The van der Waals surface area contributed by atoms with Gasteiger partial charge >= 0.3 is 0 Å². The van der Waals surface area contributed by atoms with E-state index in [1.165, 1.54) is 24.8 Å². The lowest BCUT2D eigenvalue weighted by atomic mass is 9.84. The Morgan fingerprint density at radius 3 is 2.46 bits per heavy atom. The maximum Gasteiger partial charge on any atom is 0.253 e. The van der Waals surface area contributed by atoms with Crippen LogP contribution in [0.2, 0.25) is 0 Å². The van der Waals surface area contributed by atoms with Crippen molar-refractivity contribution in [3.63, 3.8) is 0 Å². The second-order valence-electron chi connectivity index (χ2n) is 12.3. The number of aliphatic hydroxyl groups excluding tert-OH is 1. The Labute approximate surface area is 244 Å². The van der Waals surface area contributed by atoms with E-state index in [4.69, 9.17) is 14.8 Å². The second kappa shape index (κ2) is 12.9. The number of carbonyl (C=O) groups is 1. The first-order chi connectivity index (χ1) is 19.7. The average Bonchev–Trinajstić information content (AvgIpc) is 3.27. The van der Waals surface area contributed by atoms with Crippen molar-refractivity contribution in [3.05, 3.63) is 46.8 Å². The van der Waals surface area contributed by atoms with Gasteiger partial charge in [-0.05, 0) is 63.3 Å². The number of piperidine rings is 1. The number of nitrogens with one attached hydrogen (secondary N) is 1. The van der Waals surface area contributed by atoms with Crippen molar-refractivity contribution in [2.75, 3.05) is 33.7 Å². The number of aryl methyl sites for hydroxylation is 1. The fraction of sp³-hybridized carbons (Fsp3) is 0.677. The third-order valence-corrected chi connectivity index (χ3v) is 9.16. The first kappa shape index (κ1) is 30.1. The Bertz CT molecular complexity index is 1170. The molecule has 0 bridgehead atoms. The fourth-order valence-electron chi connectivity index (χ4n) is 6.58. The van der Waals surface area contributed by atoms with Crippen molar-refractivity contribution < 1.29 is 19.6 Å². The zero-order valence-electron chi connectivity index (χ0n) is 25.4. The summed E-state index contributed by atoms with van der Waals surface area (Å²) in [5.74, 6) is 0.250. The van der Waals surface area contributed by atoms with Crippen molar-refractivity contribution in [2.24, 2.45) is 5.92 Å². The largest absolute Gasteiger partial charge is 0.389 e. The van der Waals surface area contributed by atoms with Crippen LogP contribution in [0.1, 0.15) is 85.6 Å². The van der Waals surface area contributed by atoms with E-state index in [1.54, 1.807) is 19.0 Å². The SMILES string of the molecule is CCCN1O[C@H]([C@H](O)C2CCCCC2)NOC12CCN(Cc1c(C)nn(-c3ccc(C(=O)N(C)C)cc3)c1C)CC2. The van der Waals surface area contributed by atoms with Gasteiger partial charge in [0.2, 0.25) is 0 Å². The maximum atomic E-state index is 12.3. The van der Waals surface area contributed by atoms with Gasteiger partial charge in [-0.1, -0.05) is 26.2 Å². The van der Waals surface area contributed by atoms with Gasteiger partial charge in [0.15, 0.2) is 12.0 Å². The zero-order chi connectivity index (χ0) is 29.1. The van der Waals surface area contributed by atoms with Crippen LogP contribution < -0.4 is 5.48 Å². The van der Waals surface area contributed by atoms with Gasteiger partial charge in [-0.2, -0.15) is 15.6 Å². The number of nitrogens with zero attached hydrogens (tertiary/aromatic N) is 5. The van der Waals surface area contributed by atoms with Crippen LogP contribution in [-0.2, 0) is 16.2 Å². The summed E-state index contributed by atoms with van der Waals surface area (Å²) in [5, 5.41) is 17.9. The number of aromatic nitrogens is 2. The predicted octanol–water partition coefficient (Wildman–Crippen LogP) is 3.93. The number of rotatable bonds is 8. The molecule has 1 saturated carbocycles. The van der Waals surface area contributed by atoms with Crippen molar-refractivity contribution in [1.29, 1.82) is 0 Å². The van der Waals surface area contributed by atoms with Crippen LogP contribution in [0.5, 0.6) is 0 Å². The van der Waals surface area contributed by atoms with Gasteiger partial charge < -0.3 is 10.0 Å². The van der Waals surface area contributed by atoms with E-state index in [0.717, 1.165) is 75.4 Å². The van der Waals surface area contributed by atoms with Gasteiger partial charge in [0, 0.05) is 69.9 Å². The van der Waals surface area contributed by atoms with E-state index in [-0.39, 0.29) is 11.8 Å². The lowest BCUT2D eigenvalue weighted by Gasteiger charge is -2.52. The van der Waals surface area contributed by atoms with E-state index in [0.29, 0.717) is 5.56 Å². The molecule has 1 aliphatic carbocycles. The Morgan fingerprint density at radius 1 is 1.15 bits per heavy atom. The molecule has 5 rings (SSSR count). The Hall–Kier alpha value is -2.34. The van der Waals surface area contributed by atoms with E-state index < -0.39 is 18.1 Å². The van der Waals surface area contributed by atoms with Crippen LogP contribution in [0.25, 0.3) is 5.69 Å². The van der Waals surface area contributed by atoms with Crippen LogP contribution in [0.4, 0.5) is 0 Å². The summed E-state index contributed by atoms with van der Waals surface area (Å²) in [6.45, 7) is 9.64. The third kappa shape index (κ3) is 6.38. The van der Waals surface area contributed by atoms with Gasteiger partial charge in [-0.25, -0.2) is 4.68 Å². The second-order valence-corrected chi connectivity index (χ2v) is 12.3. The van der Waals surface area contributed by atoms with Crippen molar-refractivity contribution in [2.45, 2.75) is 96.7 Å². The minimum Gasteiger partial charge on any atom is -0.389 e. The summed E-state index contributed by atoms with van der Waals surface area (Å²) in [7, 11) is 3.52. The molecular weight excluding hydrogens is 520 g/mol. The lowest BCUT2D eigenvalue weighted by Crippen LogP contribution is -2.67. The van der Waals surface area contributed by atoms with Crippen molar-refractivity contribution >= 4 is 5.91 Å². The highest BCUT2D eigenvalue weighted by atomic mass is 16.8. The molecular formula is C31H48N6O4. The number of hydrogen-bond acceptors (Lipinski definition) is 8. The number of likely N-dealkylation sites (tertiary alicyclic amines) is 1. The molecule has 10 heteroatoms. The summed E-state index contributed by atoms with van der Waals surface area (Å²) in [6.07, 6.45) is 7.17. The summed E-state index contributed by atoms with van der Waals surface area (Å²) in [6, 6.07) is 7.63. The first-order valence-corrected chi connectivity index (χ1v) is 15.4. The summed E-state index contributed by atoms with van der Waals surface area (Å²) in [5.41, 5.74) is 7.56. The molecule has 2 N–H and O–H groups in total. The molecule has 3 heterocycles. The normalized spacial score (nSPS) is 23.1. The molecule has 2 aliphatic heterocycles. The van der Waals surface area contributed by atoms with Crippen LogP contribution in [0.3, 0.4) is 0 Å². The van der Waals surface area contributed by atoms with Crippen molar-refractivity contribution in [3.8, 4) is 5.69 Å². The minimum absolute atomic E-state index is 0.00977. The number of hydrogen-bond donors (Lipinski definition) is 2. The number of carbonyl (C=O) groups excluding carboxylic acids is 1. The molecule has 0 radical (unpaired) electrons. The van der Waals surface area contributed by atoms with E-state index in [1.807, 2.05) is 34.0 Å². The number of benzene rings is 1. The van der Waals surface area contributed by atoms with Gasteiger partial charge in [0.05, 0.1) is 11.4 Å². The third-order valence-electron chi connectivity index (χ3n) is 9.16. The van der Waals surface area contributed by atoms with Crippen LogP contribution >= 0.6 is 0 Å². The zero-order valence-corrected chi connectivity index (χ0v) is 25.4. The fourth-order valence-corrected chi connectivity index (χ4v) is 6.58. The molecule has 226 valence electrons. The molecule has 1 spiro atoms. The Balaban J connectivity index is 1.22. The Kier molecular flexibility index (Phi) is 9.47. The molecule has 1 aromatic heterocycles. The van der Waals surface area contributed by atoms with Crippen LogP contribution in [-0.4, -0.2) is 87.4 Å². The lowest BCUT2D eigenvalue weighted by molar-refractivity contribution is -0.431. The minimum atomic E-state index is -0.570. The monoisotopic (exact) mass is 568 g/mol. The van der Waals surface area contributed by atoms with E-state index in [2.05, 4.69) is 31.2 Å². The molecule has 1 aromatic carbocycles. The van der Waals surface area contributed by atoms with Gasteiger partial charge in [0.25, 0.3) is 5.91 Å². The molecule has 10 nitrogen and oxygen atoms in total. The molecule has 3 fully saturated rings. The van der Waals surface area contributed by atoms with E-state index in [9.17, 15) is 9.90 Å². The maximum absolute atomic E-state index is 12.3. The summed E-state index contributed by atoms with van der Waals surface area (Å²) < 4.78 is 1.97. The number of amides is 1. The molecule has 2 saturated heterocycles. The molecule has 2 aromatic rings. The number of aliphatic hydroxyl groups is 1. The van der Waals surface area contributed by atoms with Gasteiger partial charge in [-0.3, -0.25) is 19.4 Å². The standard InChI is InChI=1S/C31H48N6O4/c1-6-18-36-31(41-33-29(40-36)28(38)24-10-8-7-9-11-24)16-19-35(20-17-31)21-27-22(2)32-37(23(27)3)26-14-12-25(13-15-26)30(39)34(4)5/h12-15,24,28-29,33,38H,6-11,16-21H2,1-5H3/t28-,29-/m1/s1. The molecule has 41 heavy (non-hydrogen) atoms. The van der Waals surface area contributed by atoms with Crippen LogP contribution in [0.15, 0.2) is 24.3 Å². The first-order valence-electron chi connectivity index (χ1n) is 15.4. The average molecular weight is 569 g/mol. The smallest absolute Gasteiger partial charge is 0.253 e. The summed E-state index contributed by atoms with van der Waals surface area (Å²) >= 11 is 0. The van der Waals surface area contributed by atoms with E-state index >= 15 is 0 Å². The Morgan fingerprint density at radius 2 is 1.83 bits per heavy atom. The molecule has 2 atom stereocenters. The molecule has 1 amide bonds. The predicted molar refractivity (Wildman–Crippen MR) is 157 cm³/mol. The van der Waals surface area contributed by atoms with Gasteiger partial charge in [-0.15, -0.1) is 0 Å². The highest BCUT2D eigenvalue weighted by molar-refractivity contribution is 5.94. The molecule has 0 unspecified atom stereocenters. The quantitative estimate of drug-likeness (QED) is 0.495.